The summed E-state index contributed by atoms with van der Waals surface area (Å²) in [6, 6.07) is 6.44. The second-order valence-corrected chi connectivity index (χ2v) is 7.81. The SMILES string of the molecule is O=C(c1cc(-c2cccs2)[nH]n1)N1CCN(c2ncc(C(F)(F)F)cc2Cl)CC1. The number of piperazine rings is 1. The number of nitrogens with one attached hydrogen (secondary N) is 1. The summed E-state index contributed by atoms with van der Waals surface area (Å²) in [5.41, 5.74) is 0.218. The predicted molar refractivity (Wildman–Crippen MR) is 104 cm³/mol. The first-order chi connectivity index (χ1) is 13.8. The second-order valence-electron chi connectivity index (χ2n) is 6.45. The molecule has 0 spiro atoms. The van der Waals surface area contributed by atoms with Crippen LogP contribution in [-0.4, -0.2) is 52.2 Å². The maximum atomic E-state index is 12.8. The zero-order valence-electron chi connectivity index (χ0n) is 14.9. The van der Waals surface area contributed by atoms with Crippen molar-refractivity contribution in [2.75, 3.05) is 31.1 Å². The molecule has 0 aliphatic carbocycles. The van der Waals surface area contributed by atoms with E-state index in [1.165, 1.54) is 0 Å². The van der Waals surface area contributed by atoms with Gasteiger partial charge in [0.15, 0.2) is 5.69 Å². The van der Waals surface area contributed by atoms with E-state index in [1.807, 2.05) is 17.5 Å². The zero-order chi connectivity index (χ0) is 20.6. The lowest BCUT2D eigenvalue weighted by atomic mass is 10.2. The Morgan fingerprint density at radius 2 is 1.97 bits per heavy atom. The molecule has 152 valence electrons. The van der Waals surface area contributed by atoms with Gasteiger partial charge in [0.1, 0.15) is 5.82 Å². The highest BCUT2D eigenvalue weighted by atomic mass is 35.5. The number of pyridine rings is 1. The maximum Gasteiger partial charge on any atom is 0.417 e. The minimum absolute atomic E-state index is 0.0625. The first-order valence-electron chi connectivity index (χ1n) is 8.69. The van der Waals surface area contributed by atoms with Crippen molar-refractivity contribution in [3.05, 3.63) is 52.1 Å². The molecule has 6 nitrogen and oxygen atoms in total. The van der Waals surface area contributed by atoms with Crippen molar-refractivity contribution < 1.29 is 18.0 Å². The summed E-state index contributed by atoms with van der Waals surface area (Å²) in [7, 11) is 0. The van der Waals surface area contributed by atoms with Gasteiger partial charge in [-0.2, -0.15) is 18.3 Å². The molecular formula is C18H15ClF3N5OS. The van der Waals surface area contributed by atoms with E-state index in [2.05, 4.69) is 15.2 Å². The van der Waals surface area contributed by atoms with E-state index in [-0.39, 0.29) is 16.7 Å². The quantitative estimate of drug-likeness (QED) is 0.662. The molecule has 29 heavy (non-hydrogen) atoms. The van der Waals surface area contributed by atoms with Crippen molar-refractivity contribution >= 4 is 34.7 Å². The van der Waals surface area contributed by atoms with E-state index < -0.39 is 11.7 Å². The van der Waals surface area contributed by atoms with Crippen molar-refractivity contribution in [1.29, 1.82) is 0 Å². The highest BCUT2D eigenvalue weighted by Gasteiger charge is 2.32. The number of aromatic amines is 1. The smallest absolute Gasteiger partial charge is 0.352 e. The lowest BCUT2D eigenvalue weighted by Crippen LogP contribution is -2.49. The number of nitrogens with zero attached hydrogens (tertiary/aromatic N) is 4. The average molecular weight is 442 g/mol. The van der Waals surface area contributed by atoms with Crippen LogP contribution in [0.4, 0.5) is 19.0 Å². The monoisotopic (exact) mass is 441 g/mol. The molecule has 0 saturated carbocycles. The van der Waals surface area contributed by atoms with E-state index in [0.717, 1.165) is 22.8 Å². The Morgan fingerprint density at radius 3 is 2.59 bits per heavy atom. The maximum absolute atomic E-state index is 12.8. The van der Waals surface area contributed by atoms with Gasteiger partial charge in [-0.1, -0.05) is 17.7 Å². The van der Waals surface area contributed by atoms with Crippen LogP contribution in [0.1, 0.15) is 16.1 Å². The fourth-order valence-corrected chi connectivity index (χ4v) is 4.07. The van der Waals surface area contributed by atoms with Crippen molar-refractivity contribution in [2.24, 2.45) is 0 Å². The molecule has 1 aliphatic heterocycles. The molecule has 1 N–H and O–H groups in total. The number of anilines is 1. The van der Waals surface area contributed by atoms with Crippen LogP contribution in [0.15, 0.2) is 35.8 Å². The fourth-order valence-electron chi connectivity index (χ4n) is 3.09. The second kappa shape index (κ2) is 7.68. The molecular weight excluding hydrogens is 427 g/mol. The van der Waals surface area contributed by atoms with Crippen LogP contribution < -0.4 is 4.90 Å². The summed E-state index contributed by atoms with van der Waals surface area (Å²) in [6.07, 6.45) is -3.72. The van der Waals surface area contributed by atoms with Gasteiger partial charge >= 0.3 is 6.18 Å². The summed E-state index contributed by atoms with van der Waals surface area (Å²) >= 11 is 7.56. The molecule has 0 aromatic carbocycles. The molecule has 11 heteroatoms. The highest BCUT2D eigenvalue weighted by molar-refractivity contribution is 7.13. The summed E-state index contributed by atoms with van der Waals surface area (Å²) in [5.74, 6) is 0.0849. The Kier molecular flexibility index (Phi) is 5.22. The van der Waals surface area contributed by atoms with E-state index in [4.69, 9.17) is 11.6 Å². The number of hydrogen-bond donors (Lipinski definition) is 1. The third-order valence-corrected chi connectivity index (χ3v) is 5.78. The number of carbonyl (C=O) groups is 1. The minimum atomic E-state index is -4.49. The Morgan fingerprint density at radius 1 is 1.21 bits per heavy atom. The standard InChI is InChI=1S/C18H15ClF3N5OS/c19-12-8-11(18(20,21)22)10-23-16(12)26-3-5-27(6-4-26)17(28)14-9-13(24-25-14)15-2-1-7-29-15/h1-2,7-10H,3-6H2,(H,24,25). The van der Waals surface area contributed by atoms with Gasteiger partial charge < -0.3 is 9.80 Å². The number of H-pyrrole nitrogens is 1. The van der Waals surface area contributed by atoms with Crippen LogP contribution in [-0.2, 0) is 6.18 Å². The van der Waals surface area contributed by atoms with Crippen molar-refractivity contribution in [1.82, 2.24) is 20.1 Å². The van der Waals surface area contributed by atoms with Gasteiger partial charge in [-0.25, -0.2) is 4.98 Å². The van der Waals surface area contributed by atoms with Gasteiger partial charge in [0.2, 0.25) is 0 Å². The van der Waals surface area contributed by atoms with Gasteiger partial charge in [-0.3, -0.25) is 9.89 Å². The van der Waals surface area contributed by atoms with E-state index in [9.17, 15) is 18.0 Å². The summed E-state index contributed by atoms with van der Waals surface area (Å²) in [4.78, 5) is 21.0. The Labute approximate surface area is 172 Å². The molecule has 0 bridgehead atoms. The summed E-state index contributed by atoms with van der Waals surface area (Å²) in [6.45, 7) is 1.59. The van der Waals surface area contributed by atoms with Gasteiger partial charge in [0.05, 0.1) is 21.2 Å². The number of halogens is 4. The normalized spacial score (nSPS) is 15.0. The van der Waals surface area contributed by atoms with Crippen LogP contribution in [0.25, 0.3) is 10.6 Å². The van der Waals surface area contributed by atoms with Gasteiger partial charge in [-0.15, -0.1) is 11.3 Å². The molecule has 3 aromatic rings. The zero-order valence-corrected chi connectivity index (χ0v) is 16.5. The molecule has 1 fully saturated rings. The van der Waals surface area contributed by atoms with Gasteiger partial charge in [0, 0.05) is 32.4 Å². The van der Waals surface area contributed by atoms with Gasteiger partial charge in [-0.05, 0) is 23.6 Å². The fraction of sp³-hybridized carbons (Fsp3) is 0.278. The summed E-state index contributed by atoms with van der Waals surface area (Å²) in [5, 5.41) is 8.86. The Balaban J connectivity index is 1.41. The third kappa shape index (κ3) is 4.08. The number of alkyl halides is 3. The number of rotatable bonds is 3. The van der Waals surface area contributed by atoms with Gasteiger partial charge in [0.25, 0.3) is 5.91 Å². The summed E-state index contributed by atoms with van der Waals surface area (Å²) < 4.78 is 38.3. The lowest BCUT2D eigenvalue weighted by Gasteiger charge is -2.35. The molecule has 0 unspecified atom stereocenters. The van der Waals surface area contributed by atoms with Crippen LogP contribution in [0.2, 0.25) is 5.02 Å². The molecule has 0 atom stereocenters. The van der Waals surface area contributed by atoms with Crippen LogP contribution in [0.3, 0.4) is 0 Å². The number of hydrogen-bond acceptors (Lipinski definition) is 5. The largest absolute Gasteiger partial charge is 0.417 e. The topological polar surface area (TPSA) is 65.1 Å². The van der Waals surface area contributed by atoms with Crippen LogP contribution >= 0.6 is 22.9 Å². The molecule has 3 aromatic heterocycles. The van der Waals surface area contributed by atoms with Crippen LogP contribution in [0, 0.1) is 0 Å². The molecule has 4 heterocycles. The highest BCUT2D eigenvalue weighted by Crippen LogP contribution is 2.33. The number of carbonyl (C=O) groups excluding carboxylic acids is 1. The van der Waals surface area contributed by atoms with E-state index >= 15 is 0 Å². The molecule has 1 amide bonds. The number of aromatic nitrogens is 3. The van der Waals surface area contributed by atoms with E-state index in [1.54, 1.807) is 27.2 Å². The number of amides is 1. The third-order valence-electron chi connectivity index (χ3n) is 4.60. The van der Waals surface area contributed by atoms with Crippen LogP contribution in [0.5, 0.6) is 0 Å². The average Bonchev–Trinajstić information content (AvgIpc) is 3.38. The lowest BCUT2D eigenvalue weighted by molar-refractivity contribution is -0.137. The molecule has 0 radical (unpaired) electrons. The van der Waals surface area contributed by atoms with Crippen molar-refractivity contribution in [2.45, 2.75) is 6.18 Å². The first-order valence-corrected chi connectivity index (χ1v) is 9.95. The van der Waals surface area contributed by atoms with E-state index in [0.29, 0.717) is 31.9 Å². The molecule has 4 rings (SSSR count). The first kappa shape index (κ1) is 19.7. The molecule has 1 aliphatic rings. The minimum Gasteiger partial charge on any atom is -0.352 e. The predicted octanol–water partition coefficient (Wildman–Crippen LogP) is 4.17. The Hall–Kier alpha value is -2.59. The van der Waals surface area contributed by atoms with Crippen molar-refractivity contribution in [3.8, 4) is 10.6 Å². The number of thiophene rings is 1. The molecule has 1 saturated heterocycles. The Bertz CT molecular complexity index is 1010. The van der Waals surface area contributed by atoms with Crippen molar-refractivity contribution in [3.63, 3.8) is 0 Å².